The maximum absolute atomic E-state index is 12.8. The zero-order valence-electron chi connectivity index (χ0n) is 12.3. The topological polar surface area (TPSA) is 32.9 Å². The summed E-state index contributed by atoms with van der Waals surface area (Å²) in [6, 6.07) is 6.21. The van der Waals surface area contributed by atoms with Crippen LogP contribution in [0.5, 0.6) is 0 Å². The van der Waals surface area contributed by atoms with E-state index in [-0.39, 0.29) is 22.5 Å². The standard InChI is InChI=1S/C17H21NO/c1-10-6-7-11-12(9-18-13(11)8-10)14(19)15-16(2,3)17(15,4)5/h6-9,15,18H,1-5H3. The predicted octanol–water partition coefficient (Wildman–Crippen LogP) is 4.34. The third-order valence-electron chi connectivity index (χ3n) is 5.39. The van der Waals surface area contributed by atoms with Crippen LogP contribution in [0.4, 0.5) is 0 Å². The number of ketones is 1. The van der Waals surface area contributed by atoms with Gasteiger partial charge in [0.2, 0.25) is 0 Å². The maximum atomic E-state index is 12.8. The highest BCUT2D eigenvalue weighted by Gasteiger charge is 2.68. The zero-order chi connectivity index (χ0) is 14.0. The summed E-state index contributed by atoms with van der Waals surface area (Å²) >= 11 is 0. The molecular weight excluding hydrogens is 234 g/mol. The van der Waals surface area contributed by atoms with E-state index < -0.39 is 0 Å². The molecule has 2 aromatic rings. The lowest BCUT2D eigenvalue weighted by molar-refractivity contribution is 0.0947. The Kier molecular flexibility index (Phi) is 2.30. The Bertz CT molecular complexity index is 662. The number of carbonyl (C=O) groups excluding carboxylic acids is 1. The molecule has 0 bridgehead atoms. The number of Topliss-reactive ketones (excluding diaryl/α,β-unsaturated/α-hetero) is 1. The van der Waals surface area contributed by atoms with E-state index in [1.807, 2.05) is 6.20 Å². The van der Waals surface area contributed by atoms with Gasteiger partial charge in [-0.3, -0.25) is 4.79 Å². The van der Waals surface area contributed by atoms with Crippen molar-refractivity contribution in [2.24, 2.45) is 16.7 Å². The molecular formula is C17H21NO. The fraction of sp³-hybridized carbons (Fsp3) is 0.471. The average molecular weight is 255 g/mol. The highest BCUT2D eigenvalue weighted by molar-refractivity contribution is 6.10. The Morgan fingerprint density at radius 1 is 1.16 bits per heavy atom. The average Bonchev–Trinajstić information content (AvgIpc) is 2.63. The largest absolute Gasteiger partial charge is 0.360 e. The molecule has 0 atom stereocenters. The SMILES string of the molecule is Cc1ccc2c(C(=O)C3C(C)(C)C3(C)C)c[nH]c2c1. The first kappa shape index (κ1) is 12.5. The van der Waals surface area contributed by atoms with Crippen molar-refractivity contribution in [3.8, 4) is 0 Å². The van der Waals surface area contributed by atoms with E-state index in [0.717, 1.165) is 16.5 Å². The predicted molar refractivity (Wildman–Crippen MR) is 78.4 cm³/mol. The summed E-state index contributed by atoms with van der Waals surface area (Å²) < 4.78 is 0. The van der Waals surface area contributed by atoms with Crippen LogP contribution in [0.1, 0.15) is 43.6 Å². The number of fused-ring (bicyclic) bond motifs is 1. The number of nitrogens with one attached hydrogen (secondary N) is 1. The first-order valence-electron chi connectivity index (χ1n) is 6.89. The second-order valence-corrected chi connectivity index (χ2v) is 6.99. The quantitative estimate of drug-likeness (QED) is 0.795. The molecule has 2 heteroatoms. The summed E-state index contributed by atoms with van der Waals surface area (Å²) in [4.78, 5) is 16.0. The Morgan fingerprint density at radius 2 is 1.79 bits per heavy atom. The summed E-state index contributed by atoms with van der Waals surface area (Å²) in [6.45, 7) is 10.8. The molecule has 19 heavy (non-hydrogen) atoms. The number of rotatable bonds is 2. The summed E-state index contributed by atoms with van der Waals surface area (Å²) in [5.41, 5.74) is 3.30. The van der Waals surface area contributed by atoms with Crippen LogP contribution >= 0.6 is 0 Å². The highest BCUT2D eigenvalue weighted by atomic mass is 16.1. The van der Waals surface area contributed by atoms with Crippen LogP contribution in [-0.4, -0.2) is 10.8 Å². The van der Waals surface area contributed by atoms with Crippen molar-refractivity contribution < 1.29 is 4.79 Å². The van der Waals surface area contributed by atoms with Gasteiger partial charge in [0.05, 0.1) is 0 Å². The van der Waals surface area contributed by atoms with Gasteiger partial charge in [-0.05, 0) is 29.4 Å². The third-order valence-corrected chi connectivity index (χ3v) is 5.39. The van der Waals surface area contributed by atoms with Crippen molar-refractivity contribution in [1.82, 2.24) is 4.98 Å². The second-order valence-electron chi connectivity index (χ2n) is 6.99. The Labute approximate surface area is 114 Å². The molecule has 1 aliphatic rings. The lowest BCUT2D eigenvalue weighted by Crippen LogP contribution is -2.06. The van der Waals surface area contributed by atoms with Crippen LogP contribution in [0.2, 0.25) is 0 Å². The van der Waals surface area contributed by atoms with Crippen molar-refractivity contribution in [3.05, 3.63) is 35.5 Å². The number of aryl methyl sites for hydroxylation is 1. The molecule has 1 saturated carbocycles. The number of H-pyrrole nitrogens is 1. The zero-order valence-corrected chi connectivity index (χ0v) is 12.3. The van der Waals surface area contributed by atoms with E-state index >= 15 is 0 Å². The van der Waals surface area contributed by atoms with Crippen molar-refractivity contribution in [3.63, 3.8) is 0 Å². The summed E-state index contributed by atoms with van der Waals surface area (Å²) in [7, 11) is 0. The summed E-state index contributed by atoms with van der Waals surface area (Å²) in [5, 5.41) is 1.05. The van der Waals surface area contributed by atoms with Crippen molar-refractivity contribution in [1.29, 1.82) is 0 Å². The van der Waals surface area contributed by atoms with Gasteiger partial charge in [-0.2, -0.15) is 0 Å². The first-order chi connectivity index (χ1) is 8.76. The number of aromatic nitrogens is 1. The van der Waals surface area contributed by atoms with Crippen LogP contribution in [0, 0.1) is 23.7 Å². The summed E-state index contributed by atoms with van der Waals surface area (Å²) in [6.07, 6.45) is 1.87. The van der Waals surface area contributed by atoms with E-state index in [0.29, 0.717) is 0 Å². The molecule has 0 spiro atoms. The monoisotopic (exact) mass is 255 g/mol. The van der Waals surface area contributed by atoms with Crippen LogP contribution in [0.3, 0.4) is 0 Å². The van der Waals surface area contributed by atoms with Gasteiger partial charge in [0.1, 0.15) is 0 Å². The smallest absolute Gasteiger partial charge is 0.169 e. The highest BCUT2D eigenvalue weighted by Crippen LogP contribution is 2.69. The molecule has 3 rings (SSSR count). The second kappa shape index (κ2) is 3.50. The summed E-state index contributed by atoms with van der Waals surface area (Å²) in [5.74, 6) is 0.408. The molecule has 2 nitrogen and oxygen atoms in total. The van der Waals surface area contributed by atoms with Gasteiger partial charge in [0.25, 0.3) is 0 Å². The van der Waals surface area contributed by atoms with E-state index in [4.69, 9.17) is 0 Å². The van der Waals surface area contributed by atoms with Crippen LogP contribution in [0.25, 0.3) is 10.9 Å². The van der Waals surface area contributed by atoms with Crippen molar-refractivity contribution >= 4 is 16.7 Å². The molecule has 1 N–H and O–H groups in total. The van der Waals surface area contributed by atoms with Crippen LogP contribution in [0.15, 0.2) is 24.4 Å². The molecule has 0 saturated heterocycles. The van der Waals surface area contributed by atoms with Gasteiger partial charge in [-0.15, -0.1) is 0 Å². The van der Waals surface area contributed by atoms with Gasteiger partial charge in [0, 0.05) is 28.6 Å². The number of hydrogen-bond acceptors (Lipinski definition) is 1. The molecule has 0 unspecified atom stereocenters. The van der Waals surface area contributed by atoms with Crippen LogP contribution in [-0.2, 0) is 0 Å². The minimum Gasteiger partial charge on any atom is -0.360 e. The molecule has 1 fully saturated rings. The van der Waals surface area contributed by atoms with Gasteiger partial charge in [-0.1, -0.05) is 39.8 Å². The Hall–Kier alpha value is -1.57. The van der Waals surface area contributed by atoms with E-state index in [1.165, 1.54) is 5.56 Å². The third kappa shape index (κ3) is 1.52. The number of hydrogen-bond donors (Lipinski definition) is 1. The molecule has 0 radical (unpaired) electrons. The molecule has 1 aliphatic carbocycles. The van der Waals surface area contributed by atoms with Crippen molar-refractivity contribution in [2.45, 2.75) is 34.6 Å². The first-order valence-corrected chi connectivity index (χ1v) is 6.89. The fourth-order valence-electron chi connectivity index (χ4n) is 3.45. The van der Waals surface area contributed by atoms with Crippen LogP contribution < -0.4 is 0 Å². The van der Waals surface area contributed by atoms with E-state index in [2.05, 4.69) is 57.8 Å². The normalized spacial score (nSPS) is 20.7. The molecule has 0 aliphatic heterocycles. The molecule has 1 aromatic carbocycles. The number of carbonyl (C=O) groups is 1. The maximum Gasteiger partial charge on any atom is 0.169 e. The van der Waals surface area contributed by atoms with Gasteiger partial charge in [0.15, 0.2) is 5.78 Å². The van der Waals surface area contributed by atoms with E-state index in [9.17, 15) is 4.79 Å². The molecule has 100 valence electrons. The molecule has 1 aromatic heterocycles. The lowest BCUT2D eigenvalue weighted by Gasteiger charge is -2.03. The van der Waals surface area contributed by atoms with Gasteiger partial charge < -0.3 is 4.98 Å². The Morgan fingerprint density at radius 3 is 2.37 bits per heavy atom. The fourth-order valence-corrected chi connectivity index (χ4v) is 3.45. The number of aromatic amines is 1. The Balaban J connectivity index is 2.05. The van der Waals surface area contributed by atoms with Gasteiger partial charge in [-0.25, -0.2) is 0 Å². The lowest BCUT2D eigenvalue weighted by atomic mass is 10.0. The molecule has 0 amide bonds. The molecule has 1 heterocycles. The van der Waals surface area contributed by atoms with Gasteiger partial charge >= 0.3 is 0 Å². The minimum atomic E-state index is 0.0956. The van der Waals surface area contributed by atoms with Crippen molar-refractivity contribution in [2.75, 3.05) is 0 Å². The van der Waals surface area contributed by atoms with E-state index in [1.54, 1.807) is 0 Å². The minimum absolute atomic E-state index is 0.0956. The number of benzene rings is 1.